The SMILES string of the molecule is COc1ccc(Cl)cc1NC(=O)CCc1c(C)nn(-c2nc(C)c(C)c(=O)[nH]2)c1C. The molecule has 0 aliphatic rings. The number of hydrogen-bond donors (Lipinski definition) is 2. The average molecular weight is 430 g/mol. The lowest BCUT2D eigenvalue weighted by Crippen LogP contribution is -2.18. The van der Waals surface area contributed by atoms with Crippen LogP contribution in [0.15, 0.2) is 23.0 Å². The average Bonchev–Trinajstić information content (AvgIpc) is 2.98. The lowest BCUT2D eigenvalue weighted by atomic mass is 10.1. The van der Waals surface area contributed by atoms with Gasteiger partial charge >= 0.3 is 0 Å². The van der Waals surface area contributed by atoms with Crippen LogP contribution in [0.4, 0.5) is 5.69 Å². The number of ether oxygens (including phenoxy) is 1. The zero-order valence-electron chi connectivity index (χ0n) is 17.6. The summed E-state index contributed by atoms with van der Waals surface area (Å²) in [4.78, 5) is 31.8. The Labute approximate surface area is 179 Å². The molecule has 2 N–H and O–H groups in total. The van der Waals surface area contributed by atoms with E-state index in [4.69, 9.17) is 16.3 Å². The molecule has 30 heavy (non-hydrogen) atoms. The highest BCUT2D eigenvalue weighted by Crippen LogP contribution is 2.28. The lowest BCUT2D eigenvalue weighted by Gasteiger charge is -2.11. The first-order valence-electron chi connectivity index (χ1n) is 9.47. The number of aryl methyl sites for hydroxylation is 2. The maximum Gasteiger partial charge on any atom is 0.255 e. The van der Waals surface area contributed by atoms with Crippen LogP contribution in [-0.2, 0) is 11.2 Å². The normalized spacial score (nSPS) is 10.9. The molecule has 0 unspecified atom stereocenters. The van der Waals surface area contributed by atoms with Gasteiger partial charge in [-0.15, -0.1) is 0 Å². The van der Waals surface area contributed by atoms with E-state index in [1.165, 1.54) is 7.11 Å². The van der Waals surface area contributed by atoms with E-state index in [1.807, 2.05) is 13.8 Å². The van der Waals surface area contributed by atoms with Crippen LogP contribution in [0.5, 0.6) is 5.75 Å². The van der Waals surface area contributed by atoms with Crippen LogP contribution in [-0.4, -0.2) is 32.8 Å². The van der Waals surface area contributed by atoms with Crippen molar-refractivity contribution in [1.82, 2.24) is 19.7 Å². The molecule has 0 spiro atoms. The summed E-state index contributed by atoms with van der Waals surface area (Å²) in [6.45, 7) is 7.28. The van der Waals surface area contributed by atoms with Crippen LogP contribution in [0.25, 0.3) is 5.95 Å². The minimum Gasteiger partial charge on any atom is -0.495 e. The third kappa shape index (κ3) is 4.38. The van der Waals surface area contributed by atoms with Gasteiger partial charge in [-0.3, -0.25) is 14.6 Å². The molecular weight excluding hydrogens is 406 g/mol. The monoisotopic (exact) mass is 429 g/mol. The number of halogens is 1. The molecule has 1 aromatic carbocycles. The number of anilines is 1. The van der Waals surface area contributed by atoms with Crippen LogP contribution in [0.3, 0.4) is 0 Å². The zero-order valence-corrected chi connectivity index (χ0v) is 18.3. The highest BCUT2D eigenvalue weighted by Gasteiger charge is 2.17. The summed E-state index contributed by atoms with van der Waals surface area (Å²) in [5.41, 5.74) is 4.10. The largest absolute Gasteiger partial charge is 0.495 e. The fourth-order valence-corrected chi connectivity index (χ4v) is 3.37. The minimum absolute atomic E-state index is 0.167. The number of carbonyl (C=O) groups excluding carboxylic acids is 1. The summed E-state index contributed by atoms with van der Waals surface area (Å²) >= 11 is 6.02. The second-order valence-electron chi connectivity index (χ2n) is 7.05. The molecule has 0 bridgehead atoms. The van der Waals surface area contributed by atoms with E-state index in [0.29, 0.717) is 40.1 Å². The number of H-pyrrole nitrogens is 1. The van der Waals surface area contributed by atoms with Gasteiger partial charge in [0.05, 0.1) is 18.5 Å². The molecule has 1 amide bonds. The highest BCUT2D eigenvalue weighted by atomic mass is 35.5. The summed E-state index contributed by atoms with van der Waals surface area (Å²) in [7, 11) is 1.53. The zero-order chi connectivity index (χ0) is 22.0. The van der Waals surface area contributed by atoms with Crippen molar-refractivity contribution < 1.29 is 9.53 Å². The van der Waals surface area contributed by atoms with E-state index in [9.17, 15) is 9.59 Å². The Morgan fingerprint density at radius 1 is 1.23 bits per heavy atom. The summed E-state index contributed by atoms with van der Waals surface area (Å²) in [6, 6.07) is 5.05. The number of nitrogens with zero attached hydrogens (tertiary/aromatic N) is 3. The summed E-state index contributed by atoms with van der Waals surface area (Å²) < 4.78 is 6.87. The third-order valence-corrected chi connectivity index (χ3v) is 5.30. The quantitative estimate of drug-likeness (QED) is 0.625. The molecule has 0 atom stereocenters. The number of benzene rings is 1. The van der Waals surface area contributed by atoms with E-state index in [1.54, 1.807) is 36.7 Å². The van der Waals surface area contributed by atoms with Gasteiger partial charge in [0.25, 0.3) is 5.56 Å². The van der Waals surface area contributed by atoms with E-state index in [2.05, 4.69) is 20.4 Å². The van der Waals surface area contributed by atoms with E-state index in [0.717, 1.165) is 17.0 Å². The molecule has 0 aliphatic carbocycles. The van der Waals surface area contributed by atoms with Crippen LogP contribution in [0.2, 0.25) is 5.02 Å². The second-order valence-corrected chi connectivity index (χ2v) is 7.49. The van der Waals surface area contributed by atoms with Gasteiger partial charge in [-0.1, -0.05) is 11.6 Å². The maximum atomic E-state index is 12.5. The van der Waals surface area contributed by atoms with Gasteiger partial charge in [0, 0.05) is 28.4 Å². The molecule has 0 radical (unpaired) electrons. The smallest absolute Gasteiger partial charge is 0.255 e. The van der Waals surface area contributed by atoms with Crippen molar-refractivity contribution in [2.45, 2.75) is 40.5 Å². The number of aromatic nitrogens is 4. The van der Waals surface area contributed by atoms with Crippen molar-refractivity contribution in [3.05, 3.63) is 61.8 Å². The third-order valence-electron chi connectivity index (χ3n) is 5.06. The molecule has 0 fully saturated rings. The van der Waals surface area contributed by atoms with Gasteiger partial charge in [0.2, 0.25) is 11.9 Å². The Hall–Kier alpha value is -3.13. The first kappa shape index (κ1) is 21.6. The number of nitrogens with one attached hydrogen (secondary N) is 2. The Balaban J connectivity index is 1.78. The van der Waals surface area contributed by atoms with Gasteiger partial charge in [-0.2, -0.15) is 5.10 Å². The van der Waals surface area contributed by atoms with Gasteiger partial charge in [0.15, 0.2) is 0 Å². The van der Waals surface area contributed by atoms with Gasteiger partial charge < -0.3 is 10.1 Å². The van der Waals surface area contributed by atoms with Gasteiger partial charge in [-0.25, -0.2) is 9.67 Å². The number of carbonyl (C=O) groups is 1. The maximum absolute atomic E-state index is 12.5. The van der Waals surface area contributed by atoms with Crippen molar-refractivity contribution in [2.75, 3.05) is 12.4 Å². The summed E-state index contributed by atoms with van der Waals surface area (Å²) in [6.07, 6.45) is 0.737. The van der Waals surface area contributed by atoms with Crippen molar-refractivity contribution in [1.29, 1.82) is 0 Å². The Morgan fingerprint density at radius 3 is 2.63 bits per heavy atom. The Kier molecular flexibility index (Phi) is 6.26. The lowest BCUT2D eigenvalue weighted by molar-refractivity contribution is -0.116. The molecule has 158 valence electrons. The fraction of sp³-hybridized carbons (Fsp3) is 0.333. The van der Waals surface area contributed by atoms with Gasteiger partial charge in [-0.05, 0) is 57.9 Å². The molecular formula is C21H24ClN5O3. The molecule has 2 aromatic heterocycles. The highest BCUT2D eigenvalue weighted by molar-refractivity contribution is 6.31. The number of rotatable bonds is 6. The minimum atomic E-state index is -0.193. The van der Waals surface area contributed by atoms with E-state index in [-0.39, 0.29) is 17.9 Å². The van der Waals surface area contributed by atoms with Gasteiger partial charge in [0.1, 0.15) is 5.75 Å². The number of aromatic amines is 1. The van der Waals surface area contributed by atoms with Crippen molar-refractivity contribution >= 4 is 23.2 Å². The standard InChI is InChI=1S/C21H24ClN5O3/c1-11-12(2)23-21(25-20(11)29)27-14(4)16(13(3)26-27)7-9-19(28)24-17-10-15(22)6-8-18(17)30-5/h6,8,10H,7,9H2,1-5H3,(H,24,28)(H,23,25,29). The number of hydrogen-bond acceptors (Lipinski definition) is 5. The predicted octanol–water partition coefficient (Wildman–Crippen LogP) is 3.42. The first-order chi connectivity index (χ1) is 14.2. The molecule has 0 saturated heterocycles. The molecule has 3 aromatic rings. The number of amides is 1. The van der Waals surface area contributed by atoms with Crippen LogP contribution >= 0.6 is 11.6 Å². The molecule has 0 saturated carbocycles. The van der Waals surface area contributed by atoms with E-state index < -0.39 is 0 Å². The van der Waals surface area contributed by atoms with Crippen molar-refractivity contribution in [2.24, 2.45) is 0 Å². The van der Waals surface area contributed by atoms with Crippen LogP contribution in [0.1, 0.15) is 34.6 Å². The summed E-state index contributed by atoms with van der Waals surface area (Å²) in [5.74, 6) is 0.737. The van der Waals surface area contributed by atoms with Crippen molar-refractivity contribution in [3.8, 4) is 11.7 Å². The predicted molar refractivity (Wildman–Crippen MR) is 116 cm³/mol. The fourth-order valence-electron chi connectivity index (χ4n) is 3.20. The van der Waals surface area contributed by atoms with Crippen LogP contribution in [0, 0.1) is 27.7 Å². The van der Waals surface area contributed by atoms with E-state index >= 15 is 0 Å². The topological polar surface area (TPSA) is 102 Å². The Morgan fingerprint density at radius 2 is 1.97 bits per heavy atom. The Bertz CT molecular complexity index is 1170. The molecule has 8 nitrogen and oxygen atoms in total. The molecule has 3 rings (SSSR count). The summed E-state index contributed by atoms with van der Waals surface area (Å²) in [5, 5.41) is 7.85. The molecule has 9 heteroatoms. The second kappa shape index (κ2) is 8.71. The number of methoxy groups -OCH3 is 1. The van der Waals surface area contributed by atoms with Crippen LogP contribution < -0.4 is 15.6 Å². The molecule has 0 aliphatic heterocycles. The first-order valence-corrected chi connectivity index (χ1v) is 9.85. The molecule has 2 heterocycles. The van der Waals surface area contributed by atoms with Crippen molar-refractivity contribution in [3.63, 3.8) is 0 Å².